The molecule has 0 aliphatic carbocycles. The van der Waals surface area contributed by atoms with Gasteiger partial charge in [-0.1, -0.05) is 18.2 Å². The second-order valence-electron chi connectivity index (χ2n) is 4.69. The summed E-state index contributed by atoms with van der Waals surface area (Å²) in [6.07, 6.45) is -1.04. The van der Waals surface area contributed by atoms with Crippen LogP contribution in [0.3, 0.4) is 0 Å². The van der Waals surface area contributed by atoms with E-state index < -0.39 is 36.7 Å². The number of para-hydroxylation sites is 1. The van der Waals surface area contributed by atoms with Crippen LogP contribution in [0.5, 0.6) is 5.75 Å². The lowest BCUT2D eigenvalue weighted by Crippen LogP contribution is -2.41. The van der Waals surface area contributed by atoms with E-state index in [1.807, 2.05) is 0 Å². The maximum atomic E-state index is 11.6. The molecule has 0 bridgehead atoms. The number of nitrogens with two attached hydrogens (primary N) is 2. The van der Waals surface area contributed by atoms with Crippen molar-refractivity contribution in [3.05, 3.63) is 29.8 Å². The molecule has 0 saturated heterocycles. The molecule has 22 heavy (non-hydrogen) atoms. The zero-order valence-corrected chi connectivity index (χ0v) is 12.1. The third-order valence-electron chi connectivity index (χ3n) is 2.84. The van der Waals surface area contributed by atoms with Crippen LogP contribution in [-0.2, 0) is 20.9 Å². The van der Waals surface area contributed by atoms with Crippen LogP contribution in [0.2, 0.25) is 0 Å². The van der Waals surface area contributed by atoms with Crippen molar-refractivity contribution in [2.75, 3.05) is 6.61 Å². The number of hydrogen-bond donors (Lipinski definition) is 4. The Balaban J connectivity index is 2.72. The Morgan fingerprint density at radius 1 is 1.23 bits per heavy atom. The molecule has 0 saturated carbocycles. The fraction of sp³-hybridized carbons (Fsp3) is 0.429. The quantitative estimate of drug-likeness (QED) is 0.357. The van der Waals surface area contributed by atoms with Gasteiger partial charge in [-0.2, -0.15) is 0 Å². The Kier molecular flexibility index (Phi) is 6.93. The molecule has 0 spiro atoms. The van der Waals surface area contributed by atoms with Crippen molar-refractivity contribution < 1.29 is 29.3 Å². The van der Waals surface area contributed by atoms with Gasteiger partial charge in [0.15, 0.2) is 0 Å². The number of rotatable bonds is 7. The number of aliphatic hydroxyl groups is 2. The molecule has 8 nitrogen and oxygen atoms in total. The fourth-order valence-electron chi connectivity index (χ4n) is 1.42. The van der Waals surface area contributed by atoms with Crippen LogP contribution < -0.4 is 16.2 Å². The van der Waals surface area contributed by atoms with Gasteiger partial charge in [0.25, 0.3) is 0 Å². The van der Waals surface area contributed by atoms with E-state index in [2.05, 4.69) is 0 Å². The van der Waals surface area contributed by atoms with Gasteiger partial charge in [0, 0.05) is 5.56 Å². The lowest BCUT2D eigenvalue weighted by Gasteiger charge is -2.15. The minimum atomic E-state index is -1.16. The summed E-state index contributed by atoms with van der Waals surface area (Å²) in [7, 11) is 0. The van der Waals surface area contributed by atoms with Crippen LogP contribution in [0.15, 0.2) is 24.3 Å². The first-order valence-electron chi connectivity index (χ1n) is 6.63. The van der Waals surface area contributed by atoms with Crippen molar-refractivity contribution >= 4 is 11.9 Å². The molecule has 0 aromatic heterocycles. The molecule has 6 N–H and O–H groups in total. The Labute approximate surface area is 127 Å². The molecule has 8 heteroatoms. The molecule has 0 aliphatic rings. The van der Waals surface area contributed by atoms with Gasteiger partial charge in [-0.3, -0.25) is 4.79 Å². The minimum Gasteiger partial charge on any atom is -0.459 e. The van der Waals surface area contributed by atoms with E-state index in [1.165, 1.54) is 13.0 Å². The van der Waals surface area contributed by atoms with Crippen LogP contribution in [0, 0.1) is 0 Å². The maximum absolute atomic E-state index is 11.6. The molecule has 0 heterocycles. The fourth-order valence-corrected chi connectivity index (χ4v) is 1.42. The topological polar surface area (TPSA) is 145 Å². The van der Waals surface area contributed by atoms with Gasteiger partial charge in [-0.15, -0.1) is 0 Å². The van der Waals surface area contributed by atoms with E-state index >= 15 is 0 Å². The molecular formula is C14H20N2O6. The number of aliphatic hydroxyl groups excluding tert-OH is 2. The molecule has 0 aliphatic heterocycles. The second-order valence-corrected chi connectivity index (χ2v) is 4.69. The van der Waals surface area contributed by atoms with E-state index in [9.17, 15) is 14.7 Å². The monoisotopic (exact) mass is 312 g/mol. The molecular weight excluding hydrogens is 292 g/mol. The number of benzene rings is 1. The summed E-state index contributed by atoms with van der Waals surface area (Å²) in [6, 6.07) is 4.08. The summed E-state index contributed by atoms with van der Waals surface area (Å²) in [6.45, 7) is 0.647. The van der Waals surface area contributed by atoms with Crippen molar-refractivity contribution in [1.29, 1.82) is 0 Å². The van der Waals surface area contributed by atoms with E-state index in [0.717, 1.165) is 0 Å². The lowest BCUT2D eigenvalue weighted by molar-refractivity contribution is -0.149. The Morgan fingerprint density at radius 2 is 1.86 bits per heavy atom. The summed E-state index contributed by atoms with van der Waals surface area (Å²) in [5.41, 5.74) is 11.2. The summed E-state index contributed by atoms with van der Waals surface area (Å²) < 4.78 is 10.0. The predicted molar refractivity (Wildman–Crippen MR) is 76.6 cm³/mol. The highest BCUT2D eigenvalue weighted by atomic mass is 16.5. The highest BCUT2D eigenvalue weighted by Gasteiger charge is 2.21. The highest BCUT2D eigenvalue weighted by molar-refractivity contribution is 5.78. The Morgan fingerprint density at radius 3 is 2.45 bits per heavy atom. The van der Waals surface area contributed by atoms with E-state index in [1.54, 1.807) is 18.2 Å². The smallest absolute Gasteiger partial charge is 0.330 e. The molecule has 1 aromatic carbocycles. The zero-order valence-electron chi connectivity index (χ0n) is 12.1. The van der Waals surface area contributed by atoms with Gasteiger partial charge in [-0.05, 0) is 13.0 Å². The molecule has 122 valence electrons. The average molecular weight is 312 g/mol. The SMILES string of the molecule is CC(O)C(N)C(=O)OCc1ccccc1OC(=O)C(N)CO. The number of esters is 2. The molecule has 0 amide bonds. The average Bonchev–Trinajstić information content (AvgIpc) is 2.51. The maximum Gasteiger partial charge on any atom is 0.330 e. The predicted octanol–water partition coefficient (Wildman–Crippen LogP) is -1.34. The number of carbonyl (C=O) groups excluding carboxylic acids is 2. The standard InChI is InChI=1S/C14H20N2O6/c1-8(18)12(16)14(20)21-7-9-4-2-3-5-11(9)22-13(19)10(15)6-17/h2-5,8,10,12,17-18H,6-7,15-16H2,1H3. The molecule has 3 unspecified atom stereocenters. The van der Waals surface area contributed by atoms with E-state index in [-0.39, 0.29) is 12.4 Å². The zero-order chi connectivity index (χ0) is 16.7. The molecule has 0 fully saturated rings. The molecule has 1 aromatic rings. The van der Waals surface area contributed by atoms with Gasteiger partial charge in [0.05, 0.1) is 12.7 Å². The van der Waals surface area contributed by atoms with Crippen LogP contribution in [-0.4, -0.2) is 46.9 Å². The Hall–Kier alpha value is -2.00. The summed E-state index contributed by atoms with van der Waals surface area (Å²) in [4.78, 5) is 23.1. The number of carbonyl (C=O) groups is 2. The van der Waals surface area contributed by atoms with Crippen molar-refractivity contribution in [2.45, 2.75) is 31.7 Å². The van der Waals surface area contributed by atoms with Gasteiger partial charge in [0.1, 0.15) is 24.4 Å². The van der Waals surface area contributed by atoms with Crippen LogP contribution in [0.1, 0.15) is 12.5 Å². The van der Waals surface area contributed by atoms with E-state index in [0.29, 0.717) is 5.56 Å². The number of hydrogen-bond acceptors (Lipinski definition) is 8. The van der Waals surface area contributed by atoms with Crippen molar-refractivity contribution in [3.8, 4) is 5.75 Å². The van der Waals surface area contributed by atoms with Crippen molar-refractivity contribution in [1.82, 2.24) is 0 Å². The van der Waals surface area contributed by atoms with Gasteiger partial charge >= 0.3 is 11.9 Å². The molecule has 0 radical (unpaired) electrons. The van der Waals surface area contributed by atoms with Crippen LogP contribution in [0.25, 0.3) is 0 Å². The third kappa shape index (κ3) is 5.08. The van der Waals surface area contributed by atoms with Crippen LogP contribution >= 0.6 is 0 Å². The first kappa shape index (κ1) is 18.1. The summed E-state index contributed by atoms with van der Waals surface area (Å²) >= 11 is 0. The third-order valence-corrected chi connectivity index (χ3v) is 2.84. The molecule has 1 rings (SSSR count). The summed E-state index contributed by atoms with van der Waals surface area (Å²) in [5, 5.41) is 18.0. The van der Waals surface area contributed by atoms with Crippen LogP contribution in [0.4, 0.5) is 0 Å². The van der Waals surface area contributed by atoms with Crippen molar-refractivity contribution in [3.63, 3.8) is 0 Å². The lowest BCUT2D eigenvalue weighted by atomic mass is 10.2. The van der Waals surface area contributed by atoms with E-state index in [4.69, 9.17) is 26.0 Å². The molecule has 3 atom stereocenters. The highest BCUT2D eigenvalue weighted by Crippen LogP contribution is 2.19. The summed E-state index contributed by atoms with van der Waals surface area (Å²) in [5.74, 6) is -1.42. The van der Waals surface area contributed by atoms with Crippen molar-refractivity contribution in [2.24, 2.45) is 11.5 Å². The number of ether oxygens (including phenoxy) is 2. The minimum absolute atomic E-state index is 0.162. The Bertz CT molecular complexity index is 520. The normalized spacial score (nSPS) is 14.8. The first-order valence-corrected chi connectivity index (χ1v) is 6.63. The van der Waals surface area contributed by atoms with Gasteiger partial charge < -0.3 is 31.2 Å². The first-order chi connectivity index (χ1) is 10.4. The van der Waals surface area contributed by atoms with Gasteiger partial charge in [0.2, 0.25) is 0 Å². The van der Waals surface area contributed by atoms with Gasteiger partial charge in [-0.25, -0.2) is 4.79 Å². The largest absolute Gasteiger partial charge is 0.459 e. The second kappa shape index (κ2) is 8.44.